The van der Waals surface area contributed by atoms with Crippen molar-refractivity contribution in [2.24, 2.45) is 5.41 Å². The van der Waals surface area contributed by atoms with E-state index < -0.39 is 5.41 Å². The lowest BCUT2D eigenvalue weighted by molar-refractivity contribution is -0.302. The van der Waals surface area contributed by atoms with Crippen LogP contribution in [0.4, 0.5) is 0 Å². The van der Waals surface area contributed by atoms with Crippen LogP contribution in [0.2, 0.25) is 0 Å². The monoisotopic (exact) mass is 216 g/mol. The van der Waals surface area contributed by atoms with Gasteiger partial charge < -0.3 is 4.74 Å². The number of esters is 1. The predicted octanol–water partition coefficient (Wildman–Crippen LogP) is 2.10. The number of hydrogen-bond acceptors (Lipinski definition) is 4. The van der Waals surface area contributed by atoms with Gasteiger partial charge in [-0.05, 0) is 20.3 Å². The van der Waals surface area contributed by atoms with Crippen molar-refractivity contribution in [1.82, 2.24) is 0 Å². The summed E-state index contributed by atoms with van der Waals surface area (Å²) in [5.41, 5.74) is 0.218. The zero-order valence-electron chi connectivity index (χ0n) is 9.96. The first-order chi connectivity index (χ1) is 6.96. The van der Waals surface area contributed by atoms with Crippen molar-refractivity contribution >= 4 is 5.97 Å². The van der Waals surface area contributed by atoms with E-state index in [2.05, 4.69) is 6.58 Å². The number of carbonyl (C=O) groups excluding carboxylic acids is 1. The Morgan fingerprint density at radius 2 is 2.00 bits per heavy atom. The second-order valence-electron chi connectivity index (χ2n) is 3.89. The Kier molecular flexibility index (Phi) is 6.20. The van der Waals surface area contributed by atoms with Gasteiger partial charge in [-0.25, -0.2) is 9.78 Å². The quantitative estimate of drug-likeness (QED) is 0.215. The highest BCUT2D eigenvalue weighted by atomic mass is 17.2. The first-order valence-corrected chi connectivity index (χ1v) is 4.93. The summed E-state index contributed by atoms with van der Waals surface area (Å²) in [5.74, 6) is -0.288. The molecule has 0 aromatic heterocycles. The Hall–Kier alpha value is -0.870. The third-order valence-corrected chi connectivity index (χ3v) is 2.22. The molecule has 4 heteroatoms. The maximum absolute atomic E-state index is 11.4. The smallest absolute Gasteiger partial charge is 0.313 e. The normalized spacial score (nSPS) is 14.4. The third-order valence-electron chi connectivity index (χ3n) is 2.22. The SMILES string of the molecule is C=C(C)COOCC(C)(CC)C(=O)OC. The van der Waals surface area contributed by atoms with Crippen LogP contribution in [0.3, 0.4) is 0 Å². The van der Waals surface area contributed by atoms with Gasteiger partial charge in [-0.3, -0.25) is 4.79 Å². The van der Waals surface area contributed by atoms with E-state index in [1.807, 2.05) is 13.8 Å². The lowest BCUT2D eigenvalue weighted by atomic mass is 9.89. The van der Waals surface area contributed by atoms with Crippen molar-refractivity contribution in [3.63, 3.8) is 0 Å². The first-order valence-electron chi connectivity index (χ1n) is 4.93. The van der Waals surface area contributed by atoms with Crippen molar-refractivity contribution in [2.75, 3.05) is 20.3 Å². The van der Waals surface area contributed by atoms with Crippen LogP contribution in [0.15, 0.2) is 12.2 Å². The van der Waals surface area contributed by atoms with Crippen molar-refractivity contribution in [1.29, 1.82) is 0 Å². The molecule has 0 aliphatic heterocycles. The molecule has 0 spiro atoms. The van der Waals surface area contributed by atoms with Crippen LogP contribution >= 0.6 is 0 Å². The van der Waals surface area contributed by atoms with E-state index >= 15 is 0 Å². The summed E-state index contributed by atoms with van der Waals surface area (Å²) in [6.45, 7) is 9.70. The molecule has 1 atom stereocenters. The fraction of sp³-hybridized carbons (Fsp3) is 0.727. The summed E-state index contributed by atoms with van der Waals surface area (Å²) in [5, 5.41) is 0. The number of carbonyl (C=O) groups is 1. The highest BCUT2D eigenvalue weighted by Crippen LogP contribution is 2.23. The first kappa shape index (κ1) is 14.1. The Balaban J connectivity index is 3.99. The molecule has 0 N–H and O–H groups in total. The van der Waals surface area contributed by atoms with Crippen LogP contribution in [-0.4, -0.2) is 26.3 Å². The maximum Gasteiger partial charge on any atom is 0.313 e. The molecule has 0 bridgehead atoms. The van der Waals surface area contributed by atoms with Gasteiger partial charge in [0.2, 0.25) is 0 Å². The molecular formula is C11H20O4. The van der Waals surface area contributed by atoms with Gasteiger partial charge in [0.1, 0.15) is 6.61 Å². The van der Waals surface area contributed by atoms with Crippen molar-refractivity contribution in [2.45, 2.75) is 27.2 Å². The molecule has 88 valence electrons. The molecule has 0 fully saturated rings. The van der Waals surface area contributed by atoms with E-state index in [4.69, 9.17) is 14.5 Å². The van der Waals surface area contributed by atoms with Gasteiger partial charge in [0.25, 0.3) is 0 Å². The highest BCUT2D eigenvalue weighted by molar-refractivity contribution is 5.76. The molecule has 0 aromatic carbocycles. The van der Waals surface area contributed by atoms with E-state index in [0.29, 0.717) is 13.0 Å². The second kappa shape index (κ2) is 6.58. The van der Waals surface area contributed by atoms with E-state index in [1.165, 1.54) is 7.11 Å². The van der Waals surface area contributed by atoms with Crippen LogP contribution in [0, 0.1) is 5.41 Å². The zero-order chi connectivity index (χ0) is 11.9. The molecule has 0 rings (SSSR count). The molecule has 0 heterocycles. The van der Waals surface area contributed by atoms with E-state index in [9.17, 15) is 4.79 Å². The Labute approximate surface area is 91.1 Å². The van der Waals surface area contributed by atoms with Gasteiger partial charge in [-0.1, -0.05) is 19.1 Å². The number of ether oxygens (including phenoxy) is 1. The lowest BCUT2D eigenvalue weighted by Crippen LogP contribution is -2.33. The summed E-state index contributed by atoms with van der Waals surface area (Å²) in [7, 11) is 1.37. The average Bonchev–Trinajstić information content (AvgIpc) is 2.22. The minimum Gasteiger partial charge on any atom is -0.469 e. The molecular weight excluding hydrogens is 196 g/mol. The molecule has 0 saturated carbocycles. The van der Waals surface area contributed by atoms with Crippen LogP contribution < -0.4 is 0 Å². The van der Waals surface area contributed by atoms with Crippen LogP contribution in [0.5, 0.6) is 0 Å². The summed E-state index contributed by atoms with van der Waals surface area (Å²) >= 11 is 0. The summed E-state index contributed by atoms with van der Waals surface area (Å²) in [6.07, 6.45) is 0.635. The summed E-state index contributed by atoms with van der Waals surface area (Å²) in [4.78, 5) is 21.3. The standard InChI is InChI=1S/C11H20O4/c1-6-11(4,10(12)13-5)8-15-14-7-9(2)3/h2,6-8H2,1,3-5H3. The molecule has 4 nitrogen and oxygen atoms in total. The fourth-order valence-electron chi connectivity index (χ4n) is 0.866. The molecule has 0 aliphatic carbocycles. The van der Waals surface area contributed by atoms with Gasteiger partial charge in [-0.15, -0.1) is 0 Å². The second-order valence-corrected chi connectivity index (χ2v) is 3.89. The summed E-state index contributed by atoms with van der Waals surface area (Å²) in [6, 6.07) is 0. The fourth-order valence-corrected chi connectivity index (χ4v) is 0.866. The number of methoxy groups -OCH3 is 1. The molecule has 0 saturated heterocycles. The number of hydrogen-bond donors (Lipinski definition) is 0. The van der Waals surface area contributed by atoms with Gasteiger partial charge in [-0.2, -0.15) is 0 Å². The van der Waals surface area contributed by atoms with Gasteiger partial charge in [0.05, 0.1) is 19.1 Å². The van der Waals surface area contributed by atoms with Gasteiger partial charge in [0.15, 0.2) is 0 Å². The van der Waals surface area contributed by atoms with Crippen LogP contribution in [0.1, 0.15) is 27.2 Å². The average molecular weight is 216 g/mol. The highest BCUT2D eigenvalue weighted by Gasteiger charge is 2.33. The van der Waals surface area contributed by atoms with E-state index in [0.717, 1.165) is 5.57 Å². The summed E-state index contributed by atoms with van der Waals surface area (Å²) < 4.78 is 4.69. The van der Waals surface area contributed by atoms with E-state index in [1.54, 1.807) is 6.92 Å². The number of rotatable bonds is 7. The van der Waals surface area contributed by atoms with Crippen molar-refractivity contribution in [3.05, 3.63) is 12.2 Å². The van der Waals surface area contributed by atoms with Crippen LogP contribution in [-0.2, 0) is 19.3 Å². The van der Waals surface area contributed by atoms with Crippen molar-refractivity contribution in [3.8, 4) is 0 Å². The molecule has 0 amide bonds. The van der Waals surface area contributed by atoms with Crippen LogP contribution in [0.25, 0.3) is 0 Å². The predicted molar refractivity (Wildman–Crippen MR) is 57.1 cm³/mol. The zero-order valence-corrected chi connectivity index (χ0v) is 9.96. The van der Waals surface area contributed by atoms with Gasteiger partial charge >= 0.3 is 5.97 Å². The largest absolute Gasteiger partial charge is 0.469 e. The Bertz CT molecular complexity index is 225. The minimum atomic E-state index is -0.649. The van der Waals surface area contributed by atoms with E-state index in [-0.39, 0.29) is 12.6 Å². The third kappa shape index (κ3) is 4.95. The molecule has 0 aromatic rings. The topological polar surface area (TPSA) is 44.8 Å². The molecule has 0 radical (unpaired) electrons. The molecule has 1 unspecified atom stereocenters. The maximum atomic E-state index is 11.4. The minimum absolute atomic E-state index is 0.184. The lowest BCUT2D eigenvalue weighted by Gasteiger charge is -2.23. The van der Waals surface area contributed by atoms with Gasteiger partial charge in [0, 0.05) is 0 Å². The molecule has 15 heavy (non-hydrogen) atoms. The molecule has 0 aliphatic rings. The Morgan fingerprint density at radius 3 is 2.40 bits per heavy atom. The van der Waals surface area contributed by atoms with Crippen molar-refractivity contribution < 1.29 is 19.3 Å². The Morgan fingerprint density at radius 1 is 1.40 bits per heavy atom.